The zero-order valence-corrected chi connectivity index (χ0v) is 19.8. The van der Waals surface area contributed by atoms with Crippen LogP contribution in [0.1, 0.15) is 46.6 Å². The summed E-state index contributed by atoms with van der Waals surface area (Å²) in [7, 11) is 0. The molecule has 4 rings (SSSR count). The van der Waals surface area contributed by atoms with Crippen molar-refractivity contribution in [3.63, 3.8) is 0 Å². The minimum atomic E-state index is -1.33. The minimum Gasteiger partial charge on any atom is -0.543 e. The molecule has 1 aliphatic carbocycles. The summed E-state index contributed by atoms with van der Waals surface area (Å²) in [5.74, 6) is -1.15. The Balaban J connectivity index is 0.00000272. The number of allylic oxidation sites excluding steroid dienone is 2. The molecule has 0 unspecified atom stereocenters. The molecule has 1 aromatic heterocycles. The van der Waals surface area contributed by atoms with Crippen LogP contribution in [-0.2, 0) is 6.61 Å². The molecule has 4 nitrogen and oxygen atoms in total. The van der Waals surface area contributed by atoms with Crippen LogP contribution in [0.15, 0.2) is 60.7 Å². The summed E-state index contributed by atoms with van der Waals surface area (Å²) in [6.45, 7) is 0.249. The first kappa shape index (κ1) is 23.5. The van der Waals surface area contributed by atoms with Crippen molar-refractivity contribution in [1.82, 2.24) is 4.98 Å². The molecule has 3 aromatic rings. The molecule has 0 fully saturated rings. The van der Waals surface area contributed by atoms with Gasteiger partial charge in [0.15, 0.2) is 0 Å². The van der Waals surface area contributed by atoms with Gasteiger partial charge < -0.3 is 14.6 Å². The van der Waals surface area contributed by atoms with Gasteiger partial charge in [0.2, 0.25) is 0 Å². The van der Waals surface area contributed by atoms with Crippen LogP contribution in [0.5, 0.6) is 5.75 Å². The fourth-order valence-electron chi connectivity index (χ4n) is 3.67. The Bertz CT molecular complexity index is 1150. The Kier molecular flexibility index (Phi) is 7.89. The van der Waals surface area contributed by atoms with Crippen molar-refractivity contribution in [3.8, 4) is 5.75 Å². The van der Waals surface area contributed by atoms with Crippen molar-refractivity contribution >= 4 is 28.7 Å². The third-order valence-electron chi connectivity index (χ3n) is 5.09. The van der Waals surface area contributed by atoms with Gasteiger partial charge in [-0.05, 0) is 66.8 Å². The summed E-state index contributed by atoms with van der Waals surface area (Å²) in [6.07, 6.45) is 2.31. The van der Waals surface area contributed by atoms with Gasteiger partial charge in [-0.2, -0.15) is 0 Å². The molecule has 0 spiro atoms. The molecule has 0 amide bonds. The molecule has 0 bridgehead atoms. The fourth-order valence-corrected chi connectivity index (χ4v) is 3.87. The van der Waals surface area contributed by atoms with E-state index in [9.17, 15) is 14.3 Å². The summed E-state index contributed by atoms with van der Waals surface area (Å²) >= 11 is 6.22. The van der Waals surface area contributed by atoms with E-state index in [1.54, 1.807) is 24.3 Å². The standard InChI is InChI=1S/C24H19ClFNO3.Na/c25-20-8-2-1-5-15(20)14-30-23-12-11-16(26)13-19(23)17-6-3-7-18(17)21-9-4-10-22(27-21)24(28)29;/h1-2,4-5,8-13H,3,6-7,14H2,(H,28,29);/q;+1/p-1. The number of rotatable bonds is 6. The van der Waals surface area contributed by atoms with Gasteiger partial charge in [-0.3, -0.25) is 0 Å². The Labute approximate surface area is 207 Å². The van der Waals surface area contributed by atoms with Gasteiger partial charge in [-0.15, -0.1) is 0 Å². The van der Waals surface area contributed by atoms with Gasteiger partial charge in [-0.25, -0.2) is 9.37 Å². The maximum atomic E-state index is 14.1. The number of carboxylic acids is 1. The third kappa shape index (κ3) is 5.36. The zero-order valence-electron chi connectivity index (χ0n) is 17.0. The van der Waals surface area contributed by atoms with E-state index in [0.717, 1.165) is 36.0 Å². The number of hydrogen-bond donors (Lipinski definition) is 0. The molecule has 1 aliphatic rings. The number of ether oxygens (including phenoxy) is 1. The maximum absolute atomic E-state index is 14.1. The number of nitrogens with zero attached hydrogens (tertiary/aromatic N) is 1. The van der Waals surface area contributed by atoms with Crippen molar-refractivity contribution in [2.45, 2.75) is 25.9 Å². The monoisotopic (exact) mass is 445 g/mol. The zero-order chi connectivity index (χ0) is 21.1. The van der Waals surface area contributed by atoms with Crippen LogP contribution in [0.2, 0.25) is 5.02 Å². The van der Waals surface area contributed by atoms with Crippen LogP contribution in [0, 0.1) is 5.82 Å². The molecule has 0 radical (unpaired) electrons. The maximum Gasteiger partial charge on any atom is 1.00 e. The number of benzene rings is 2. The van der Waals surface area contributed by atoms with E-state index in [1.807, 2.05) is 18.2 Å². The SMILES string of the molecule is O=C([O-])c1cccc(C2=C(c3cc(F)ccc3OCc3ccccc3Cl)CCC2)n1.[Na+]. The molecule has 0 saturated carbocycles. The van der Waals surface area contributed by atoms with Crippen molar-refractivity contribution in [3.05, 3.63) is 94.0 Å². The molecule has 152 valence electrons. The Hall–Kier alpha value is -2.18. The van der Waals surface area contributed by atoms with E-state index >= 15 is 0 Å². The number of carbonyl (C=O) groups is 1. The fraction of sp³-hybridized carbons (Fsp3) is 0.167. The molecule has 0 N–H and O–H groups in total. The Morgan fingerprint density at radius 3 is 2.61 bits per heavy atom. The summed E-state index contributed by atoms with van der Waals surface area (Å²) < 4.78 is 20.1. The number of carboxylic acid groups (broad SMARTS) is 1. The van der Waals surface area contributed by atoms with Gasteiger partial charge in [0.1, 0.15) is 18.2 Å². The molecule has 0 aliphatic heterocycles. The topological polar surface area (TPSA) is 62.2 Å². The molecular formula is C24H18ClFNNaO3. The van der Waals surface area contributed by atoms with Gasteiger partial charge >= 0.3 is 29.6 Å². The summed E-state index contributed by atoms with van der Waals surface area (Å²) in [6, 6.07) is 16.6. The molecular weight excluding hydrogens is 428 g/mol. The molecule has 1 heterocycles. The van der Waals surface area contributed by atoms with Crippen LogP contribution < -0.4 is 39.4 Å². The largest absolute Gasteiger partial charge is 1.00 e. The molecule has 7 heteroatoms. The second kappa shape index (κ2) is 10.4. The molecule has 2 aromatic carbocycles. The van der Waals surface area contributed by atoms with E-state index < -0.39 is 5.97 Å². The van der Waals surface area contributed by atoms with E-state index in [-0.39, 0.29) is 47.7 Å². The Morgan fingerprint density at radius 1 is 1.06 bits per heavy atom. The number of carbonyl (C=O) groups excluding carboxylic acids is 1. The second-order valence-corrected chi connectivity index (χ2v) is 7.43. The number of aromatic nitrogens is 1. The van der Waals surface area contributed by atoms with Crippen molar-refractivity contribution in [2.24, 2.45) is 0 Å². The van der Waals surface area contributed by atoms with Crippen LogP contribution >= 0.6 is 11.6 Å². The number of aromatic carboxylic acids is 1. The van der Waals surface area contributed by atoms with E-state index in [0.29, 0.717) is 22.0 Å². The summed E-state index contributed by atoms with van der Waals surface area (Å²) in [5.41, 5.74) is 3.72. The number of halogens is 2. The Morgan fingerprint density at radius 2 is 1.84 bits per heavy atom. The average molecular weight is 446 g/mol. The molecule has 0 atom stereocenters. The molecule has 0 saturated heterocycles. The average Bonchev–Trinajstić information content (AvgIpc) is 3.24. The van der Waals surface area contributed by atoms with E-state index in [2.05, 4.69) is 4.98 Å². The quantitative estimate of drug-likeness (QED) is 0.544. The van der Waals surface area contributed by atoms with Gasteiger partial charge in [0, 0.05) is 16.1 Å². The first-order valence-corrected chi connectivity index (χ1v) is 9.97. The van der Waals surface area contributed by atoms with Gasteiger partial charge in [0.25, 0.3) is 0 Å². The van der Waals surface area contributed by atoms with Crippen LogP contribution in [0.25, 0.3) is 11.1 Å². The summed E-state index contributed by atoms with van der Waals surface area (Å²) in [4.78, 5) is 15.4. The first-order chi connectivity index (χ1) is 14.5. The number of hydrogen-bond acceptors (Lipinski definition) is 4. The van der Waals surface area contributed by atoms with Gasteiger partial charge in [0.05, 0.1) is 17.4 Å². The van der Waals surface area contributed by atoms with E-state index in [4.69, 9.17) is 16.3 Å². The summed E-state index contributed by atoms with van der Waals surface area (Å²) in [5, 5.41) is 11.8. The van der Waals surface area contributed by atoms with Gasteiger partial charge in [-0.1, -0.05) is 35.9 Å². The van der Waals surface area contributed by atoms with Crippen molar-refractivity contribution < 1.29 is 48.6 Å². The minimum absolute atomic E-state index is 0. The normalized spacial score (nSPS) is 13.1. The van der Waals surface area contributed by atoms with Crippen LogP contribution in [0.3, 0.4) is 0 Å². The smallest absolute Gasteiger partial charge is 0.543 e. The first-order valence-electron chi connectivity index (χ1n) is 9.60. The number of pyridine rings is 1. The second-order valence-electron chi connectivity index (χ2n) is 7.03. The predicted molar refractivity (Wildman–Crippen MR) is 111 cm³/mol. The third-order valence-corrected chi connectivity index (χ3v) is 5.46. The predicted octanol–water partition coefficient (Wildman–Crippen LogP) is 1.92. The van der Waals surface area contributed by atoms with E-state index in [1.165, 1.54) is 18.2 Å². The van der Waals surface area contributed by atoms with Crippen LogP contribution in [0.4, 0.5) is 4.39 Å². The van der Waals surface area contributed by atoms with Crippen molar-refractivity contribution in [2.75, 3.05) is 0 Å². The van der Waals surface area contributed by atoms with Crippen LogP contribution in [-0.4, -0.2) is 11.0 Å². The molecule has 31 heavy (non-hydrogen) atoms. The van der Waals surface area contributed by atoms with Crippen molar-refractivity contribution in [1.29, 1.82) is 0 Å².